The molecule has 3 rings (SSSR count). The van der Waals surface area contributed by atoms with Gasteiger partial charge in [0.15, 0.2) is 5.82 Å². The Balaban J connectivity index is 1.88. The zero-order valence-electron chi connectivity index (χ0n) is 10.0. The summed E-state index contributed by atoms with van der Waals surface area (Å²) >= 11 is 0. The molecule has 0 atom stereocenters. The summed E-state index contributed by atoms with van der Waals surface area (Å²) < 4.78 is 0. The Labute approximate surface area is 106 Å². The van der Waals surface area contributed by atoms with Gasteiger partial charge in [-0.25, -0.2) is 9.97 Å². The number of carbonyl (C=O) groups is 1. The van der Waals surface area contributed by atoms with Crippen LogP contribution in [0.1, 0.15) is 41.1 Å². The monoisotopic (exact) mass is 238 g/mol. The van der Waals surface area contributed by atoms with Crippen molar-refractivity contribution < 1.29 is 4.79 Å². The molecule has 1 fully saturated rings. The van der Waals surface area contributed by atoms with Crippen molar-refractivity contribution in [2.75, 3.05) is 0 Å². The Bertz CT molecular complexity index is 559. The van der Waals surface area contributed by atoms with E-state index in [0.29, 0.717) is 17.3 Å². The number of aldehydes is 1. The van der Waals surface area contributed by atoms with Crippen molar-refractivity contribution in [1.82, 2.24) is 9.97 Å². The average Bonchev–Trinajstić information content (AvgIpc) is 2.38. The number of carbonyl (C=O) groups excluding carboxylic acids is 1. The molecule has 90 valence electrons. The number of rotatable bonds is 3. The molecule has 0 aliphatic heterocycles. The van der Waals surface area contributed by atoms with E-state index in [1.165, 1.54) is 24.8 Å². The summed E-state index contributed by atoms with van der Waals surface area (Å²) in [4.78, 5) is 19.5. The van der Waals surface area contributed by atoms with Crippen molar-refractivity contribution in [3.8, 4) is 11.4 Å². The van der Waals surface area contributed by atoms with E-state index in [0.717, 1.165) is 11.8 Å². The molecule has 0 unspecified atom stereocenters. The first-order valence-electron chi connectivity index (χ1n) is 6.24. The molecule has 3 heteroatoms. The number of aromatic nitrogens is 2. The fourth-order valence-corrected chi connectivity index (χ4v) is 2.19. The van der Waals surface area contributed by atoms with Crippen molar-refractivity contribution in [2.45, 2.75) is 25.2 Å². The van der Waals surface area contributed by atoms with E-state index < -0.39 is 0 Å². The molecule has 0 spiro atoms. The Kier molecular flexibility index (Phi) is 2.89. The normalized spacial score (nSPS) is 15.1. The molecular weight excluding hydrogens is 224 g/mol. The third-order valence-electron chi connectivity index (χ3n) is 3.53. The summed E-state index contributed by atoms with van der Waals surface area (Å²) in [5, 5.41) is 0. The minimum Gasteiger partial charge on any atom is -0.298 e. The van der Waals surface area contributed by atoms with Crippen LogP contribution in [0.3, 0.4) is 0 Å². The molecule has 1 aromatic heterocycles. The van der Waals surface area contributed by atoms with Gasteiger partial charge in [0, 0.05) is 23.5 Å². The zero-order valence-corrected chi connectivity index (χ0v) is 10.0. The SMILES string of the molecule is O=Cc1cccc(-c2ncc(C3CCC3)cn2)c1. The molecule has 0 bridgehead atoms. The van der Waals surface area contributed by atoms with Crippen molar-refractivity contribution in [3.63, 3.8) is 0 Å². The second-order valence-electron chi connectivity index (χ2n) is 4.71. The first-order valence-corrected chi connectivity index (χ1v) is 6.24. The molecule has 1 aromatic carbocycles. The van der Waals surface area contributed by atoms with E-state index in [4.69, 9.17) is 0 Å². The van der Waals surface area contributed by atoms with Crippen LogP contribution in [-0.2, 0) is 0 Å². The molecule has 0 amide bonds. The van der Waals surface area contributed by atoms with Crippen LogP contribution >= 0.6 is 0 Å². The Morgan fingerprint density at radius 2 is 1.94 bits per heavy atom. The van der Waals surface area contributed by atoms with Gasteiger partial charge in [0.2, 0.25) is 0 Å². The predicted molar refractivity (Wildman–Crippen MR) is 69.4 cm³/mol. The molecule has 18 heavy (non-hydrogen) atoms. The van der Waals surface area contributed by atoms with Crippen LogP contribution in [0.5, 0.6) is 0 Å². The summed E-state index contributed by atoms with van der Waals surface area (Å²) in [7, 11) is 0. The van der Waals surface area contributed by atoms with Crippen LogP contribution in [0.15, 0.2) is 36.7 Å². The van der Waals surface area contributed by atoms with Crippen LogP contribution in [0.25, 0.3) is 11.4 Å². The maximum atomic E-state index is 10.7. The van der Waals surface area contributed by atoms with Crippen LogP contribution in [0.4, 0.5) is 0 Å². The van der Waals surface area contributed by atoms with E-state index in [2.05, 4.69) is 9.97 Å². The molecule has 1 saturated carbocycles. The van der Waals surface area contributed by atoms with Crippen molar-refractivity contribution >= 4 is 6.29 Å². The molecule has 1 heterocycles. The third kappa shape index (κ3) is 2.04. The zero-order chi connectivity index (χ0) is 12.4. The van der Waals surface area contributed by atoms with Crippen LogP contribution in [0, 0.1) is 0 Å². The second kappa shape index (κ2) is 4.69. The van der Waals surface area contributed by atoms with E-state index in [-0.39, 0.29) is 0 Å². The number of benzene rings is 1. The summed E-state index contributed by atoms with van der Waals surface area (Å²) in [5.74, 6) is 1.34. The Morgan fingerprint density at radius 1 is 1.17 bits per heavy atom. The maximum Gasteiger partial charge on any atom is 0.159 e. The highest BCUT2D eigenvalue weighted by molar-refractivity contribution is 5.77. The summed E-state index contributed by atoms with van der Waals surface area (Å²) in [6.45, 7) is 0. The molecule has 2 aromatic rings. The fourth-order valence-electron chi connectivity index (χ4n) is 2.19. The third-order valence-corrected chi connectivity index (χ3v) is 3.53. The van der Waals surface area contributed by atoms with Crippen LogP contribution in [0.2, 0.25) is 0 Å². The van der Waals surface area contributed by atoms with E-state index in [9.17, 15) is 4.79 Å². The Morgan fingerprint density at radius 3 is 2.56 bits per heavy atom. The number of hydrogen-bond donors (Lipinski definition) is 0. The van der Waals surface area contributed by atoms with Gasteiger partial charge in [0.1, 0.15) is 6.29 Å². The van der Waals surface area contributed by atoms with Gasteiger partial charge in [0.25, 0.3) is 0 Å². The van der Waals surface area contributed by atoms with Gasteiger partial charge in [-0.15, -0.1) is 0 Å². The highest BCUT2D eigenvalue weighted by atomic mass is 16.1. The highest BCUT2D eigenvalue weighted by Crippen LogP contribution is 2.35. The van der Waals surface area contributed by atoms with Gasteiger partial charge in [0.05, 0.1) is 0 Å². The van der Waals surface area contributed by atoms with Gasteiger partial charge in [-0.1, -0.05) is 24.6 Å². The van der Waals surface area contributed by atoms with Crippen molar-refractivity contribution in [1.29, 1.82) is 0 Å². The predicted octanol–water partition coefficient (Wildman–Crippen LogP) is 3.22. The first kappa shape index (κ1) is 11.1. The van der Waals surface area contributed by atoms with Crippen molar-refractivity contribution in [3.05, 3.63) is 47.8 Å². The van der Waals surface area contributed by atoms with Crippen LogP contribution in [-0.4, -0.2) is 16.3 Å². The highest BCUT2D eigenvalue weighted by Gasteiger charge is 2.20. The van der Waals surface area contributed by atoms with Gasteiger partial charge < -0.3 is 0 Å². The lowest BCUT2D eigenvalue weighted by Crippen LogP contribution is -2.09. The smallest absolute Gasteiger partial charge is 0.159 e. The van der Waals surface area contributed by atoms with E-state index in [1.807, 2.05) is 30.6 Å². The first-order chi connectivity index (χ1) is 8.86. The van der Waals surface area contributed by atoms with E-state index in [1.54, 1.807) is 6.07 Å². The van der Waals surface area contributed by atoms with Gasteiger partial charge in [-0.05, 0) is 30.4 Å². The molecule has 1 aliphatic carbocycles. The molecule has 0 N–H and O–H groups in total. The minimum atomic E-state index is 0.652. The maximum absolute atomic E-state index is 10.7. The summed E-state index contributed by atoms with van der Waals surface area (Å²) in [6.07, 6.45) is 8.49. The Hall–Kier alpha value is -2.03. The molecule has 1 aliphatic rings. The van der Waals surface area contributed by atoms with Crippen molar-refractivity contribution in [2.24, 2.45) is 0 Å². The molecule has 0 saturated heterocycles. The number of nitrogens with zero attached hydrogens (tertiary/aromatic N) is 2. The molecular formula is C15H14N2O. The number of hydrogen-bond acceptors (Lipinski definition) is 3. The standard InChI is InChI=1S/C15H14N2O/c18-10-11-3-1-6-13(7-11)15-16-8-14(9-17-15)12-4-2-5-12/h1,3,6-10,12H,2,4-5H2. The second-order valence-corrected chi connectivity index (χ2v) is 4.71. The van der Waals surface area contributed by atoms with Gasteiger partial charge in [-0.3, -0.25) is 4.79 Å². The largest absolute Gasteiger partial charge is 0.298 e. The topological polar surface area (TPSA) is 42.9 Å². The fraction of sp³-hybridized carbons (Fsp3) is 0.267. The lowest BCUT2D eigenvalue weighted by molar-refractivity contribution is 0.112. The quantitative estimate of drug-likeness (QED) is 0.771. The van der Waals surface area contributed by atoms with Gasteiger partial charge >= 0.3 is 0 Å². The minimum absolute atomic E-state index is 0.652. The lowest BCUT2D eigenvalue weighted by Gasteiger charge is -2.24. The lowest BCUT2D eigenvalue weighted by atomic mass is 9.81. The average molecular weight is 238 g/mol. The molecule has 3 nitrogen and oxygen atoms in total. The van der Waals surface area contributed by atoms with E-state index >= 15 is 0 Å². The summed E-state index contributed by atoms with van der Waals surface area (Å²) in [5.41, 5.74) is 2.77. The summed E-state index contributed by atoms with van der Waals surface area (Å²) in [6, 6.07) is 7.36. The van der Waals surface area contributed by atoms with Crippen LogP contribution < -0.4 is 0 Å². The van der Waals surface area contributed by atoms with Gasteiger partial charge in [-0.2, -0.15) is 0 Å². The molecule has 0 radical (unpaired) electrons.